The first-order valence-corrected chi connectivity index (χ1v) is 8.20. The van der Waals surface area contributed by atoms with E-state index >= 15 is 0 Å². The normalized spacial score (nSPS) is 32.7. The van der Waals surface area contributed by atoms with Gasteiger partial charge in [0.2, 0.25) is 0 Å². The molecule has 3 saturated carbocycles. The monoisotopic (exact) mass is 280 g/mol. The zero-order valence-corrected chi connectivity index (χ0v) is 12.0. The minimum absolute atomic E-state index is 0.0506. The maximum Gasteiger partial charge on any atom is 0.291 e. The SMILES string of the molecule is C(CC1CC1)Oc1nsnc1OC12CCC(CC1)C2. The molecule has 2 bridgehead atoms. The van der Waals surface area contributed by atoms with Crippen molar-refractivity contribution in [2.75, 3.05) is 6.61 Å². The number of hydrogen-bond donors (Lipinski definition) is 0. The maximum absolute atomic E-state index is 6.21. The summed E-state index contributed by atoms with van der Waals surface area (Å²) in [6.07, 6.45) is 10.1. The van der Waals surface area contributed by atoms with E-state index in [-0.39, 0.29) is 5.60 Å². The maximum atomic E-state index is 6.21. The van der Waals surface area contributed by atoms with Crippen LogP contribution in [0.1, 0.15) is 51.4 Å². The number of fused-ring (bicyclic) bond motifs is 2. The van der Waals surface area contributed by atoms with Crippen molar-refractivity contribution in [3.05, 3.63) is 0 Å². The second kappa shape index (κ2) is 4.62. The van der Waals surface area contributed by atoms with Gasteiger partial charge in [0.15, 0.2) is 0 Å². The highest BCUT2D eigenvalue weighted by atomic mass is 32.1. The molecular weight excluding hydrogens is 260 g/mol. The van der Waals surface area contributed by atoms with Crippen molar-refractivity contribution in [1.82, 2.24) is 8.75 Å². The summed E-state index contributed by atoms with van der Waals surface area (Å²) in [5.41, 5.74) is 0.0506. The number of nitrogens with zero attached hydrogens (tertiary/aromatic N) is 2. The molecule has 1 heterocycles. The summed E-state index contributed by atoms with van der Waals surface area (Å²) in [6, 6.07) is 0. The molecule has 1 aromatic rings. The molecule has 0 unspecified atom stereocenters. The lowest BCUT2D eigenvalue weighted by atomic mass is 9.97. The smallest absolute Gasteiger partial charge is 0.291 e. The average Bonchev–Trinajstić information content (AvgIpc) is 2.85. The number of hydrogen-bond acceptors (Lipinski definition) is 5. The van der Waals surface area contributed by atoms with Crippen molar-refractivity contribution in [2.45, 2.75) is 57.0 Å². The lowest BCUT2D eigenvalue weighted by Gasteiger charge is -2.26. The van der Waals surface area contributed by atoms with Gasteiger partial charge in [-0.1, -0.05) is 12.8 Å². The van der Waals surface area contributed by atoms with Gasteiger partial charge in [0.05, 0.1) is 18.3 Å². The first-order valence-electron chi connectivity index (χ1n) is 7.47. The molecule has 0 N–H and O–H groups in total. The summed E-state index contributed by atoms with van der Waals surface area (Å²) in [5, 5.41) is 0. The molecular formula is C14H20N2O2S. The van der Waals surface area contributed by atoms with Crippen LogP contribution in [0.5, 0.6) is 11.8 Å². The van der Waals surface area contributed by atoms with Gasteiger partial charge < -0.3 is 9.47 Å². The van der Waals surface area contributed by atoms with Gasteiger partial charge in [-0.2, -0.15) is 0 Å². The summed E-state index contributed by atoms with van der Waals surface area (Å²) in [5.74, 6) is 3.03. The van der Waals surface area contributed by atoms with E-state index in [1.807, 2.05) is 0 Å². The number of aromatic nitrogens is 2. The van der Waals surface area contributed by atoms with Gasteiger partial charge in [0, 0.05) is 0 Å². The molecule has 19 heavy (non-hydrogen) atoms. The molecule has 104 valence electrons. The Bertz CT molecular complexity index is 450. The fourth-order valence-corrected chi connectivity index (χ4v) is 3.97. The number of ether oxygens (including phenoxy) is 2. The quantitative estimate of drug-likeness (QED) is 0.801. The van der Waals surface area contributed by atoms with Crippen LogP contribution < -0.4 is 9.47 Å². The van der Waals surface area contributed by atoms with E-state index in [9.17, 15) is 0 Å². The predicted octanol–water partition coefficient (Wildman–Crippen LogP) is 3.43. The molecule has 4 rings (SSSR count). The summed E-state index contributed by atoms with van der Waals surface area (Å²) >= 11 is 1.20. The summed E-state index contributed by atoms with van der Waals surface area (Å²) < 4.78 is 20.5. The lowest BCUT2D eigenvalue weighted by Crippen LogP contribution is -2.30. The van der Waals surface area contributed by atoms with E-state index in [0.717, 1.165) is 24.9 Å². The topological polar surface area (TPSA) is 44.2 Å². The highest BCUT2D eigenvalue weighted by Crippen LogP contribution is 2.50. The van der Waals surface area contributed by atoms with E-state index in [0.29, 0.717) is 11.8 Å². The van der Waals surface area contributed by atoms with Gasteiger partial charge in [0.1, 0.15) is 5.60 Å². The van der Waals surface area contributed by atoms with Crippen LogP contribution in [0.3, 0.4) is 0 Å². The Morgan fingerprint density at radius 1 is 1.11 bits per heavy atom. The van der Waals surface area contributed by atoms with Crippen molar-refractivity contribution >= 4 is 11.7 Å². The molecule has 0 saturated heterocycles. The summed E-state index contributed by atoms with van der Waals surface area (Å²) in [4.78, 5) is 0. The molecule has 0 amide bonds. The molecule has 3 fully saturated rings. The van der Waals surface area contributed by atoms with Gasteiger partial charge in [-0.15, -0.1) is 8.75 Å². The summed E-state index contributed by atoms with van der Waals surface area (Å²) in [6.45, 7) is 0.752. The standard InChI is InChI=1S/C14H20N2O2S/c1-2-10(1)5-8-17-12-13(16-19-15-12)18-14-6-3-11(9-14)4-7-14/h10-11H,1-9H2. The van der Waals surface area contributed by atoms with Gasteiger partial charge in [-0.25, -0.2) is 0 Å². The average molecular weight is 280 g/mol. The van der Waals surface area contributed by atoms with Gasteiger partial charge >= 0.3 is 0 Å². The van der Waals surface area contributed by atoms with Crippen LogP contribution in [0.15, 0.2) is 0 Å². The Labute approximate surface area is 117 Å². The van der Waals surface area contributed by atoms with Gasteiger partial charge in [0.25, 0.3) is 11.8 Å². The third-order valence-electron chi connectivity index (χ3n) is 4.88. The van der Waals surface area contributed by atoms with Crippen molar-refractivity contribution in [3.63, 3.8) is 0 Å². The molecule has 0 aromatic carbocycles. The first-order chi connectivity index (χ1) is 9.33. The van der Waals surface area contributed by atoms with E-state index in [1.165, 1.54) is 56.7 Å². The largest absolute Gasteiger partial charge is 0.473 e. The van der Waals surface area contributed by atoms with Crippen LogP contribution in [-0.2, 0) is 0 Å². The molecule has 0 atom stereocenters. The Hall–Kier alpha value is -0.840. The fourth-order valence-electron chi connectivity index (χ4n) is 3.54. The Balaban J connectivity index is 1.38. The Morgan fingerprint density at radius 2 is 1.89 bits per heavy atom. The zero-order valence-electron chi connectivity index (χ0n) is 11.1. The second-order valence-electron chi connectivity index (χ2n) is 6.39. The zero-order chi connectivity index (χ0) is 12.7. The van der Waals surface area contributed by atoms with Crippen LogP contribution in [0, 0.1) is 11.8 Å². The van der Waals surface area contributed by atoms with Crippen LogP contribution in [0.2, 0.25) is 0 Å². The predicted molar refractivity (Wildman–Crippen MR) is 72.7 cm³/mol. The van der Waals surface area contributed by atoms with E-state index in [4.69, 9.17) is 9.47 Å². The van der Waals surface area contributed by atoms with Crippen LogP contribution >= 0.6 is 11.7 Å². The second-order valence-corrected chi connectivity index (χ2v) is 6.92. The molecule has 3 aliphatic rings. The fraction of sp³-hybridized carbons (Fsp3) is 0.857. The lowest BCUT2D eigenvalue weighted by molar-refractivity contribution is 0.0704. The third-order valence-corrected chi connectivity index (χ3v) is 5.38. The molecule has 0 spiro atoms. The van der Waals surface area contributed by atoms with Crippen molar-refractivity contribution in [3.8, 4) is 11.8 Å². The van der Waals surface area contributed by atoms with Crippen LogP contribution in [-0.4, -0.2) is 21.0 Å². The highest BCUT2D eigenvalue weighted by molar-refractivity contribution is 6.99. The minimum atomic E-state index is 0.0506. The molecule has 5 heteroatoms. The van der Waals surface area contributed by atoms with Crippen LogP contribution in [0.25, 0.3) is 0 Å². The third kappa shape index (κ3) is 2.45. The van der Waals surface area contributed by atoms with Gasteiger partial charge in [-0.05, 0) is 50.4 Å². The Morgan fingerprint density at radius 3 is 2.58 bits per heavy atom. The summed E-state index contributed by atoms with van der Waals surface area (Å²) in [7, 11) is 0. The molecule has 1 aromatic heterocycles. The van der Waals surface area contributed by atoms with Crippen molar-refractivity contribution in [1.29, 1.82) is 0 Å². The van der Waals surface area contributed by atoms with E-state index in [2.05, 4.69) is 8.75 Å². The highest BCUT2D eigenvalue weighted by Gasteiger charge is 2.47. The van der Waals surface area contributed by atoms with Crippen molar-refractivity contribution in [2.24, 2.45) is 11.8 Å². The van der Waals surface area contributed by atoms with Crippen LogP contribution in [0.4, 0.5) is 0 Å². The number of rotatable bonds is 6. The van der Waals surface area contributed by atoms with Crippen molar-refractivity contribution < 1.29 is 9.47 Å². The molecule has 4 nitrogen and oxygen atoms in total. The minimum Gasteiger partial charge on any atom is -0.473 e. The Kier molecular flexibility index (Phi) is 2.90. The molecule has 0 aliphatic heterocycles. The van der Waals surface area contributed by atoms with Gasteiger partial charge in [-0.3, -0.25) is 0 Å². The van der Waals surface area contributed by atoms with E-state index in [1.54, 1.807) is 0 Å². The molecule has 3 aliphatic carbocycles. The molecule has 0 radical (unpaired) electrons. The first kappa shape index (κ1) is 11.9. The van der Waals surface area contributed by atoms with E-state index < -0.39 is 0 Å².